The van der Waals surface area contributed by atoms with Crippen LogP contribution in [0, 0.1) is 11.8 Å². The second-order valence-corrected chi connectivity index (χ2v) is 9.16. The predicted molar refractivity (Wildman–Crippen MR) is 129 cm³/mol. The third-order valence-electron chi connectivity index (χ3n) is 6.99. The molecule has 3 aliphatic rings. The summed E-state index contributed by atoms with van der Waals surface area (Å²) in [5, 5.41) is 12.0. The molecule has 6 heteroatoms. The van der Waals surface area contributed by atoms with Gasteiger partial charge in [-0.2, -0.15) is 15.2 Å². The van der Waals surface area contributed by atoms with Gasteiger partial charge in [0.25, 0.3) is 5.91 Å². The van der Waals surface area contributed by atoms with Crippen LogP contribution in [0.4, 0.5) is 0 Å². The predicted octanol–water partition coefficient (Wildman–Crippen LogP) is 4.37. The van der Waals surface area contributed by atoms with Crippen molar-refractivity contribution in [3.8, 4) is 0 Å². The fraction of sp³-hybridized carbons (Fsp3) is 0.423. The molecule has 166 valence electrons. The molecule has 0 saturated carbocycles. The first-order valence-electron chi connectivity index (χ1n) is 11.7. The van der Waals surface area contributed by atoms with Crippen LogP contribution < -0.4 is 0 Å². The molecule has 0 spiro atoms. The Labute approximate surface area is 189 Å². The topological polar surface area (TPSA) is 53.7 Å². The number of aromatic nitrogens is 2. The highest BCUT2D eigenvalue weighted by Gasteiger charge is 2.28. The quantitative estimate of drug-likeness (QED) is 0.728. The van der Waals surface area contributed by atoms with Gasteiger partial charge >= 0.3 is 0 Å². The van der Waals surface area contributed by atoms with Crippen LogP contribution >= 0.6 is 0 Å². The van der Waals surface area contributed by atoms with Crippen molar-refractivity contribution in [2.45, 2.75) is 33.1 Å². The van der Waals surface area contributed by atoms with E-state index in [2.05, 4.69) is 54.2 Å². The Kier molecular flexibility index (Phi) is 5.55. The number of carbonyl (C=O) groups excluding carboxylic acids is 1. The molecule has 0 radical (unpaired) electrons. The first kappa shape index (κ1) is 20.9. The van der Waals surface area contributed by atoms with E-state index in [0.717, 1.165) is 72.3 Å². The first-order chi connectivity index (χ1) is 15.5. The zero-order valence-electron chi connectivity index (χ0n) is 19.2. The van der Waals surface area contributed by atoms with Crippen molar-refractivity contribution in [3.05, 3.63) is 60.0 Å². The van der Waals surface area contributed by atoms with Gasteiger partial charge in [-0.1, -0.05) is 26.0 Å². The number of fused-ring (bicyclic) bond motifs is 2. The van der Waals surface area contributed by atoms with Gasteiger partial charge in [-0.05, 0) is 80.2 Å². The third-order valence-corrected chi connectivity index (χ3v) is 6.99. The molecule has 0 aliphatic carbocycles. The van der Waals surface area contributed by atoms with Crippen LogP contribution in [-0.4, -0.2) is 50.9 Å². The molecule has 1 amide bonds. The lowest BCUT2D eigenvalue weighted by Gasteiger charge is -2.33. The van der Waals surface area contributed by atoms with Crippen LogP contribution in [0.5, 0.6) is 0 Å². The molecule has 0 N–H and O–H groups in total. The number of aryl methyl sites for hydroxylation is 1. The summed E-state index contributed by atoms with van der Waals surface area (Å²) >= 11 is 0. The highest BCUT2D eigenvalue weighted by Crippen LogP contribution is 2.33. The van der Waals surface area contributed by atoms with Crippen LogP contribution in [0.2, 0.25) is 0 Å². The normalized spacial score (nSPS) is 22.8. The van der Waals surface area contributed by atoms with Gasteiger partial charge in [0.05, 0.1) is 16.9 Å². The van der Waals surface area contributed by atoms with E-state index in [0.29, 0.717) is 5.92 Å². The Hall–Kier alpha value is -2.99. The minimum absolute atomic E-state index is 0.0723. The lowest BCUT2D eigenvalue weighted by Crippen LogP contribution is -2.37. The summed E-state index contributed by atoms with van der Waals surface area (Å²) in [5.74, 6) is 0.584. The summed E-state index contributed by atoms with van der Waals surface area (Å²) in [6.45, 7) is 7.70. The first-order valence-corrected chi connectivity index (χ1v) is 11.7. The molecule has 3 aliphatic heterocycles. The van der Waals surface area contributed by atoms with Crippen molar-refractivity contribution in [3.63, 3.8) is 0 Å². The number of hydrogen-bond donors (Lipinski definition) is 0. The fourth-order valence-corrected chi connectivity index (χ4v) is 5.00. The van der Waals surface area contributed by atoms with Crippen LogP contribution in [0.15, 0.2) is 59.5 Å². The van der Waals surface area contributed by atoms with Crippen molar-refractivity contribution in [2.75, 3.05) is 19.6 Å². The lowest BCUT2D eigenvalue weighted by atomic mass is 9.88. The maximum atomic E-state index is 13.4. The Balaban J connectivity index is 1.44. The Bertz CT molecular complexity index is 1160. The fourth-order valence-electron chi connectivity index (χ4n) is 5.00. The Morgan fingerprint density at radius 1 is 1.16 bits per heavy atom. The molecule has 4 heterocycles. The van der Waals surface area contributed by atoms with E-state index in [9.17, 15) is 4.79 Å². The molecule has 1 aromatic heterocycles. The van der Waals surface area contributed by atoms with Gasteiger partial charge in [0.15, 0.2) is 0 Å². The number of piperidine rings is 1. The van der Waals surface area contributed by atoms with Crippen molar-refractivity contribution >= 4 is 28.1 Å². The number of amides is 1. The standard InChI is InChI=1S/C26H31N5O/c1-4-30-13-11-19(12-14-30)24-10-8-22-7-5-18(2)23(16-26(32)31(22)28-24)20-6-9-25-21(15-20)17-29(3)27-25/h6-10,15-19H,4-5,11-14H2,1-3H3. The summed E-state index contributed by atoms with van der Waals surface area (Å²) in [7, 11) is 1.93. The maximum absolute atomic E-state index is 13.4. The molecule has 1 fully saturated rings. The molecule has 6 nitrogen and oxygen atoms in total. The van der Waals surface area contributed by atoms with E-state index in [4.69, 9.17) is 5.10 Å². The largest absolute Gasteiger partial charge is 0.304 e. The Morgan fingerprint density at radius 3 is 2.75 bits per heavy atom. The number of likely N-dealkylation sites (tertiary alicyclic amines) is 1. The number of hydrazone groups is 1. The molecule has 0 bridgehead atoms. The van der Waals surface area contributed by atoms with Gasteiger partial charge in [-0.3, -0.25) is 9.48 Å². The smallest absolute Gasteiger partial charge is 0.271 e. The van der Waals surface area contributed by atoms with Gasteiger partial charge < -0.3 is 4.90 Å². The van der Waals surface area contributed by atoms with E-state index in [1.54, 1.807) is 11.1 Å². The number of hydrogen-bond acceptors (Lipinski definition) is 4. The number of benzene rings is 1. The monoisotopic (exact) mass is 429 g/mol. The van der Waals surface area contributed by atoms with Gasteiger partial charge in [-0.25, -0.2) is 0 Å². The van der Waals surface area contributed by atoms with Gasteiger partial charge in [0, 0.05) is 30.6 Å². The molecule has 1 unspecified atom stereocenters. The summed E-state index contributed by atoms with van der Waals surface area (Å²) in [4.78, 5) is 15.8. The van der Waals surface area contributed by atoms with E-state index in [-0.39, 0.29) is 11.8 Å². The van der Waals surface area contributed by atoms with Gasteiger partial charge in [0.1, 0.15) is 0 Å². The maximum Gasteiger partial charge on any atom is 0.271 e. The molecule has 32 heavy (non-hydrogen) atoms. The zero-order chi connectivity index (χ0) is 22.2. The van der Waals surface area contributed by atoms with Crippen molar-refractivity contribution in [1.29, 1.82) is 0 Å². The summed E-state index contributed by atoms with van der Waals surface area (Å²) in [5.41, 5.74) is 5.01. The van der Waals surface area contributed by atoms with E-state index in [1.165, 1.54) is 0 Å². The molecule has 2 aromatic rings. The molecule has 1 saturated heterocycles. The second kappa shape index (κ2) is 8.51. The van der Waals surface area contributed by atoms with E-state index < -0.39 is 0 Å². The highest BCUT2D eigenvalue weighted by atomic mass is 16.2. The van der Waals surface area contributed by atoms with Crippen molar-refractivity contribution in [2.24, 2.45) is 24.0 Å². The van der Waals surface area contributed by atoms with Crippen molar-refractivity contribution in [1.82, 2.24) is 19.7 Å². The van der Waals surface area contributed by atoms with Crippen LogP contribution in [-0.2, 0) is 11.8 Å². The van der Waals surface area contributed by atoms with Crippen LogP contribution in [0.25, 0.3) is 16.5 Å². The number of carbonyl (C=O) groups is 1. The van der Waals surface area contributed by atoms with Crippen molar-refractivity contribution < 1.29 is 4.79 Å². The summed E-state index contributed by atoms with van der Waals surface area (Å²) in [6.07, 6.45) is 13.2. The number of rotatable bonds is 3. The molecule has 5 rings (SSSR count). The number of allylic oxidation sites excluding steroid dienone is 4. The average Bonchev–Trinajstić information content (AvgIpc) is 3.19. The number of nitrogens with zero attached hydrogens (tertiary/aromatic N) is 5. The van der Waals surface area contributed by atoms with Crippen LogP contribution in [0.1, 0.15) is 38.7 Å². The van der Waals surface area contributed by atoms with E-state index >= 15 is 0 Å². The molecular formula is C26H31N5O. The SMILES string of the molecule is CCN1CCC(C2=NN3C(=O)C=C(c4ccc5nn(C)cc5c4)C(C)CC=C3C=C2)CC1. The molecule has 1 aromatic carbocycles. The summed E-state index contributed by atoms with van der Waals surface area (Å²) < 4.78 is 1.83. The second-order valence-electron chi connectivity index (χ2n) is 9.16. The molecular weight excluding hydrogens is 398 g/mol. The molecule has 1 atom stereocenters. The van der Waals surface area contributed by atoms with Crippen LogP contribution in [0.3, 0.4) is 0 Å². The van der Waals surface area contributed by atoms with Gasteiger partial charge in [-0.15, -0.1) is 0 Å². The zero-order valence-corrected chi connectivity index (χ0v) is 19.2. The minimum atomic E-state index is -0.0723. The van der Waals surface area contributed by atoms with E-state index in [1.807, 2.05) is 24.0 Å². The highest BCUT2D eigenvalue weighted by molar-refractivity contribution is 6.03. The van der Waals surface area contributed by atoms with Gasteiger partial charge in [0.2, 0.25) is 0 Å². The minimum Gasteiger partial charge on any atom is -0.304 e. The lowest BCUT2D eigenvalue weighted by molar-refractivity contribution is -0.124. The third kappa shape index (κ3) is 3.95. The summed E-state index contributed by atoms with van der Waals surface area (Å²) in [6, 6.07) is 6.24. The Morgan fingerprint density at radius 2 is 1.97 bits per heavy atom. The average molecular weight is 430 g/mol.